The number of aliphatic imine (C=N–C) groups is 1. The molecule has 1 heterocycles. The van der Waals surface area contributed by atoms with Gasteiger partial charge in [0.1, 0.15) is 5.75 Å². The topological polar surface area (TPSA) is 76.7 Å². The number of carbonyl (C=O) groups is 1. The van der Waals surface area contributed by atoms with Gasteiger partial charge in [-0.05, 0) is 35.4 Å². The molecule has 1 atom stereocenters. The summed E-state index contributed by atoms with van der Waals surface area (Å²) in [6.45, 7) is 0. The summed E-state index contributed by atoms with van der Waals surface area (Å²) in [5.74, 6) is 0.639. The van der Waals surface area contributed by atoms with Gasteiger partial charge in [-0.15, -0.1) is 0 Å². The van der Waals surface area contributed by atoms with Crippen molar-refractivity contribution in [3.63, 3.8) is 0 Å². The predicted molar refractivity (Wildman–Crippen MR) is 89.6 cm³/mol. The number of nitrogens with one attached hydrogen (secondary N) is 1. The zero-order valence-corrected chi connectivity index (χ0v) is 13.3. The van der Waals surface area contributed by atoms with Crippen molar-refractivity contribution >= 4 is 23.5 Å². The number of ether oxygens (including phenoxy) is 1. The van der Waals surface area contributed by atoms with Crippen molar-refractivity contribution in [1.82, 2.24) is 5.32 Å². The number of halogens is 1. The molecule has 3 rings (SSSR count). The van der Waals surface area contributed by atoms with Crippen LogP contribution in [-0.4, -0.2) is 19.0 Å². The normalized spacial score (nSPS) is 20.1. The Morgan fingerprint density at radius 3 is 2.35 bits per heavy atom. The van der Waals surface area contributed by atoms with Crippen LogP contribution in [-0.2, 0) is 16.8 Å². The Morgan fingerprint density at radius 2 is 1.83 bits per heavy atom. The van der Waals surface area contributed by atoms with Gasteiger partial charge in [0, 0.05) is 11.4 Å². The lowest BCUT2D eigenvalue weighted by molar-refractivity contribution is -0.124. The van der Waals surface area contributed by atoms with Crippen LogP contribution in [0.3, 0.4) is 0 Å². The summed E-state index contributed by atoms with van der Waals surface area (Å²) in [7, 11) is 1.61. The minimum absolute atomic E-state index is 0.124. The minimum Gasteiger partial charge on any atom is -0.497 e. The van der Waals surface area contributed by atoms with Crippen molar-refractivity contribution in [2.24, 2.45) is 10.7 Å². The number of benzene rings is 2. The van der Waals surface area contributed by atoms with E-state index in [1.54, 1.807) is 31.4 Å². The Balaban J connectivity index is 2.02. The second-order valence-electron chi connectivity index (χ2n) is 5.34. The lowest BCUT2D eigenvalue weighted by Gasteiger charge is -2.24. The van der Waals surface area contributed by atoms with Crippen LogP contribution in [0.4, 0.5) is 0 Å². The van der Waals surface area contributed by atoms with Gasteiger partial charge in [0.25, 0.3) is 5.91 Å². The van der Waals surface area contributed by atoms with Crippen LogP contribution >= 0.6 is 11.6 Å². The van der Waals surface area contributed by atoms with Gasteiger partial charge in [0.15, 0.2) is 11.5 Å². The number of nitrogens with zero attached hydrogens (tertiary/aromatic N) is 1. The van der Waals surface area contributed by atoms with E-state index in [0.29, 0.717) is 11.4 Å². The molecule has 0 saturated heterocycles. The SMILES string of the molecule is COc1ccc(C[C@]2(c3ccc(Cl)cc3)N=C(N)NC2=O)cc1. The van der Waals surface area contributed by atoms with Crippen molar-refractivity contribution < 1.29 is 9.53 Å². The maximum atomic E-state index is 12.6. The van der Waals surface area contributed by atoms with E-state index in [-0.39, 0.29) is 11.9 Å². The Hall–Kier alpha value is -2.53. The van der Waals surface area contributed by atoms with E-state index >= 15 is 0 Å². The highest BCUT2D eigenvalue weighted by atomic mass is 35.5. The molecule has 118 valence electrons. The quantitative estimate of drug-likeness (QED) is 0.903. The summed E-state index contributed by atoms with van der Waals surface area (Å²) in [5, 5.41) is 3.20. The van der Waals surface area contributed by atoms with Gasteiger partial charge in [0.05, 0.1) is 7.11 Å². The minimum atomic E-state index is -1.08. The van der Waals surface area contributed by atoms with E-state index in [9.17, 15) is 4.79 Å². The number of amides is 1. The Kier molecular flexibility index (Phi) is 3.96. The van der Waals surface area contributed by atoms with Crippen LogP contribution < -0.4 is 15.8 Å². The molecule has 2 aromatic rings. The van der Waals surface area contributed by atoms with E-state index in [0.717, 1.165) is 16.9 Å². The smallest absolute Gasteiger partial charge is 0.259 e. The van der Waals surface area contributed by atoms with Crippen molar-refractivity contribution in [2.75, 3.05) is 7.11 Å². The first kappa shape index (κ1) is 15.4. The summed E-state index contributed by atoms with van der Waals surface area (Å²) in [4.78, 5) is 17.0. The van der Waals surface area contributed by atoms with Gasteiger partial charge in [0.2, 0.25) is 0 Å². The maximum Gasteiger partial charge on any atom is 0.259 e. The van der Waals surface area contributed by atoms with Crippen LogP contribution in [0.5, 0.6) is 5.75 Å². The zero-order chi connectivity index (χ0) is 16.4. The molecule has 0 fully saturated rings. The number of methoxy groups -OCH3 is 1. The second-order valence-corrected chi connectivity index (χ2v) is 5.78. The van der Waals surface area contributed by atoms with Crippen LogP contribution in [0.1, 0.15) is 11.1 Å². The highest BCUT2D eigenvalue weighted by molar-refractivity contribution is 6.30. The molecule has 0 unspecified atom stereocenters. The van der Waals surface area contributed by atoms with Crippen molar-refractivity contribution in [3.8, 4) is 5.75 Å². The number of rotatable bonds is 4. The first-order valence-electron chi connectivity index (χ1n) is 7.09. The molecule has 3 N–H and O–H groups in total. The molecule has 1 aliphatic rings. The van der Waals surface area contributed by atoms with E-state index in [2.05, 4.69) is 10.3 Å². The first-order valence-corrected chi connectivity index (χ1v) is 7.47. The zero-order valence-electron chi connectivity index (χ0n) is 12.5. The molecular formula is C17H16ClN3O2. The largest absolute Gasteiger partial charge is 0.497 e. The summed E-state index contributed by atoms with van der Waals surface area (Å²) >= 11 is 5.95. The van der Waals surface area contributed by atoms with Crippen LogP contribution in [0.2, 0.25) is 5.02 Å². The van der Waals surface area contributed by atoms with Gasteiger partial charge >= 0.3 is 0 Å². The average Bonchev–Trinajstić information content (AvgIpc) is 2.83. The molecule has 5 nitrogen and oxygen atoms in total. The fourth-order valence-electron chi connectivity index (χ4n) is 2.69. The van der Waals surface area contributed by atoms with Crippen molar-refractivity contribution in [1.29, 1.82) is 0 Å². The summed E-state index contributed by atoms with van der Waals surface area (Å²) in [6, 6.07) is 14.6. The Labute approximate surface area is 139 Å². The number of carbonyl (C=O) groups excluding carboxylic acids is 1. The molecule has 2 aromatic carbocycles. The Bertz CT molecular complexity index is 756. The second kappa shape index (κ2) is 5.93. The molecule has 0 aromatic heterocycles. The van der Waals surface area contributed by atoms with Crippen LogP contribution in [0, 0.1) is 0 Å². The molecule has 0 radical (unpaired) electrons. The monoisotopic (exact) mass is 329 g/mol. The summed E-state index contributed by atoms with van der Waals surface area (Å²) in [5.41, 5.74) is 6.36. The average molecular weight is 330 g/mol. The standard InChI is InChI=1S/C17H16ClN3O2/c1-23-14-8-2-11(3-9-14)10-17(15(22)20-16(19)21-17)12-4-6-13(18)7-5-12/h2-9H,10H2,1H3,(H3,19,20,21,22)/t17-/m1/s1. The Morgan fingerprint density at radius 1 is 1.17 bits per heavy atom. The van der Waals surface area contributed by atoms with Crippen LogP contribution in [0.25, 0.3) is 0 Å². The molecular weight excluding hydrogens is 314 g/mol. The molecule has 0 spiro atoms. The van der Waals surface area contributed by atoms with Gasteiger partial charge in [-0.25, -0.2) is 4.99 Å². The molecule has 6 heteroatoms. The van der Waals surface area contributed by atoms with E-state index in [4.69, 9.17) is 22.1 Å². The van der Waals surface area contributed by atoms with Crippen molar-refractivity contribution in [3.05, 3.63) is 64.7 Å². The first-order chi connectivity index (χ1) is 11.0. The highest BCUT2D eigenvalue weighted by Crippen LogP contribution is 2.34. The number of guanidine groups is 1. The lowest BCUT2D eigenvalue weighted by atomic mass is 9.84. The summed E-state index contributed by atoms with van der Waals surface area (Å²) < 4.78 is 5.16. The summed E-state index contributed by atoms with van der Waals surface area (Å²) in [6.07, 6.45) is 0.394. The molecule has 1 amide bonds. The third kappa shape index (κ3) is 2.87. The fraction of sp³-hybridized carbons (Fsp3) is 0.176. The molecule has 1 aliphatic heterocycles. The molecule has 0 bridgehead atoms. The van der Waals surface area contributed by atoms with E-state index in [1.807, 2.05) is 24.3 Å². The van der Waals surface area contributed by atoms with E-state index < -0.39 is 5.54 Å². The lowest BCUT2D eigenvalue weighted by Crippen LogP contribution is -2.40. The third-order valence-electron chi connectivity index (χ3n) is 3.87. The number of hydrogen-bond acceptors (Lipinski definition) is 4. The van der Waals surface area contributed by atoms with E-state index in [1.165, 1.54) is 0 Å². The number of hydrogen-bond donors (Lipinski definition) is 2. The maximum absolute atomic E-state index is 12.6. The molecule has 0 saturated carbocycles. The number of nitrogens with two attached hydrogens (primary N) is 1. The van der Waals surface area contributed by atoms with Gasteiger partial charge < -0.3 is 10.5 Å². The predicted octanol–water partition coefficient (Wildman–Crippen LogP) is 2.23. The van der Waals surface area contributed by atoms with Crippen LogP contribution in [0.15, 0.2) is 53.5 Å². The van der Waals surface area contributed by atoms with Crippen molar-refractivity contribution in [2.45, 2.75) is 12.0 Å². The molecule has 0 aliphatic carbocycles. The highest BCUT2D eigenvalue weighted by Gasteiger charge is 2.44. The van der Waals surface area contributed by atoms with Gasteiger partial charge in [-0.3, -0.25) is 10.1 Å². The van der Waals surface area contributed by atoms with Gasteiger partial charge in [-0.1, -0.05) is 35.9 Å². The molecule has 23 heavy (non-hydrogen) atoms. The third-order valence-corrected chi connectivity index (χ3v) is 4.12. The fourth-order valence-corrected chi connectivity index (χ4v) is 2.81. The van der Waals surface area contributed by atoms with Gasteiger partial charge in [-0.2, -0.15) is 0 Å².